The Hall–Kier alpha value is -1.84. The average molecular weight is 428 g/mol. The summed E-state index contributed by atoms with van der Waals surface area (Å²) in [5.41, 5.74) is 0. The van der Waals surface area contributed by atoms with Gasteiger partial charge in [-0.15, -0.1) is 0 Å². The molecule has 0 spiro atoms. The molecule has 8 nitrogen and oxygen atoms in total. The molecule has 0 bridgehead atoms. The van der Waals surface area contributed by atoms with E-state index in [0.717, 1.165) is 13.1 Å². The molecule has 1 N–H and O–H groups in total. The van der Waals surface area contributed by atoms with Crippen LogP contribution < -0.4 is 14.8 Å². The Kier molecular flexibility index (Phi) is 8.73. The van der Waals surface area contributed by atoms with Crippen molar-refractivity contribution in [2.45, 2.75) is 31.6 Å². The van der Waals surface area contributed by atoms with Crippen molar-refractivity contribution in [3.8, 4) is 11.5 Å². The molecule has 1 aromatic carbocycles. The summed E-state index contributed by atoms with van der Waals surface area (Å²) in [6.45, 7) is 7.48. The third-order valence-corrected chi connectivity index (χ3v) is 6.89. The second-order valence-electron chi connectivity index (χ2n) is 7.48. The first-order valence-electron chi connectivity index (χ1n) is 10.00. The summed E-state index contributed by atoms with van der Waals surface area (Å²) in [5, 5.41) is 3.21. The Labute approximate surface area is 174 Å². The number of carbonyl (C=O) groups excluding carboxylic acids is 1. The van der Waals surface area contributed by atoms with Crippen molar-refractivity contribution >= 4 is 15.9 Å². The number of ether oxygens (including phenoxy) is 2. The molecular formula is C20H33N3O5S. The molecule has 9 heteroatoms. The van der Waals surface area contributed by atoms with Gasteiger partial charge in [0.25, 0.3) is 0 Å². The van der Waals surface area contributed by atoms with Gasteiger partial charge in [0.15, 0.2) is 11.5 Å². The average Bonchev–Trinajstić information content (AvgIpc) is 2.73. The van der Waals surface area contributed by atoms with E-state index in [1.807, 2.05) is 13.8 Å². The monoisotopic (exact) mass is 427 g/mol. The molecule has 0 unspecified atom stereocenters. The molecular weight excluding hydrogens is 394 g/mol. The minimum Gasteiger partial charge on any atom is -0.493 e. The second kappa shape index (κ2) is 10.8. The van der Waals surface area contributed by atoms with Gasteiger partial charge in [0.2, 0.25) is 15.9 Å². The fourth-order valence-corrected chi connectivity index (χ4v) is 4.64. The summed E-state index contributed by atoms with van der Waals surface area (Å²) in [5.74, 6) is 1.16. The maximum Gasteiger partial charge on any atom is 0.243 e. The Bertz CT molecular complexity index is 776. The number of hydrogen-bond donors (Lipinski definition) is 1. The normalized spacial score (nSPS) is 15.0. The zero-order valence-corrected chi connectivity index (χ0v) is 18.6. The van der Waals surface area contributed by atoms with Crippen LogP contribution in [0.25, 0.3) is 0 Å². The first-order valence-corrected chi connectivity index (χ1v) is 11.4. The lowest BCUT2D eigenvalue weighted by Gasteiger charge is -2.29. The molecule has 2 rings (SSSR count). The highest BCUT2D eigenvalue weighted by Gasteiger charge is 2.27. The number of methoxy groups -OCH3 is 2. The van der Waals surface area contributed by atoms with E-state index in [4.69, 9.17) is 9.47 Å². The van der Waals surface area contributed by atoms with Crippen LogP contribution in [-0.2, 0) is 14.8 Å². The van der Waals surface area contributed by atoms with E-state index in [9.17, 15) is 13.2 Å². The largest absolute Gasteiger partial charge is 0.493 e. The number of piperazine rings is 1. The van der Waals surface area contributed by atoms with Crippen LogP contribution in [0.2, 0.25) is 0 Å². The highest BCUT2D eigenvalue weighted by Crippen LogP contribution is 2.31. The maximum absolute atomic E-state index is 13.3. The molecule has 1 heterocycles. The van der Waals surface area contributed by atoms with E-state index in [2.05, 4.69) is 5.32 Å². The number of hydrogen-bond acceptors (Lipinski definition) is 6. The van der Waals surface area contributed by atoms with Gasteiger partial charge in [-0.25, -0.2) is 8.42 Å². The van der Waals surface area contributed by atoms with Crippen LogP contribution in [0.1, 0.15) is 26.7 Å². The van der Waals surface area contributed by atoms with Crippen LogP contribution in [0.15, 0.2) is 23.1 Å². The number of sulfonamides is 1. The number of amides is 1. The summed E-state index contributed by atoms with van der Waals surface area (Å²) >= 11 is 0. The third-order valence-electron chi connectivity index (χ3n) is 4.99. The zero-order valence-electron chi connectivity index (χ0n) is 17.8. The zero-order chi connectivity index (χ0) is 21.4. The topological polar surface area (TPSA) is 88.2 Å². The van der Waals surface area contributed by atoms with Crippen LogP contribution >= 0.6 is 0 Å². The fourth-order valence-electron chi connectivity index (χ4n) is 3.17. The van der Waals surface area contributed by atoms with Gasteiger partial charge < -0.3 is 19.7 Å². The SMILES string of the molecule is COc1ccc(S(=O)(=O)N(CCC(=O)N2CCNCC2)CCC(C)C)cc1OC. The Morgan fingerprint density at radius 3 is 2.38 bits per heavy atom. The summed E-state index contributed by atoms with van der Waals surface area (Å²) in [4.78, 5) is 14.5. The smallest absolute Gasteiger partial charge is 0.243 e. The molecule has 0 aromatic heterocycles. The number of nitrogens with zero attached hydrogens (tertiary/aromatic N) is 2. The molecule has 1 saturated heterocycles. The minimum absolute atomic E-state index is 0.0106. The lowest BCUT2D eigenvalue weighted by Crippen LogP contribution is -2.47. The summed E-state index contributed by atoms with van der Waals surface area (Å²) in [7, 11) is -0.794. The van der Waals surface area contributed by atoms with Gasteiger partial charge in [-0.3, -0.25) is 4.79 Å². The first kappa shape index (κ1) is 23.4. The predicted octanol–water partition coefficient (Wildman–Crippen LogP) is 1.56. The molecule has 1 amide bonds. The van der Waals surface area contributed by atoms with Gasteiger partial charge in [0.05, 0.1) is 19.1 Å². The van der Waals surface area contributed by atoms with Crippen LogP contribution in [0.5, 0.6) is 11.5 Å². The van der Waals surface area contributed by atoms with Crippen molar-refractivity contribution in [3.63, 3.8) is 0 Å². The fraction of sp³-hybridized carbons (Fsp3) is 0.650. The highest BCUT2D eigenvalue weighted by molar-refractivity contribution is 7.89. The number of carbonyl (C=O) groups is 1. The van der Waals surface area contributed by atoms with E-state index in [1.54, 1.807) is 11.0 Å². The van der Waals surface area contributed by atoms with Crippen LogP contribution in [-0.4, -0.2) is 77.0 Å². The van der Waals surface area contributed by atoms with Crippen molar-refractivity contribution < 1.29 is 22.7 Å². The summed E-state index contributed by atoms with van der Waals surface area (Å²) < 4.78 is 38.5. The molecule has 29 heavy (non-hydrogen) atoms. The van der Waals surface area contributed by atoms with Gasteiger partial charge in [-0.1, -0.05) is 13.8 Å². The molecule has 0 saturated carbocycles. The number of nitrogens with one attached hydrogen (secondary N) is 1. The van der Waals surface area contributed by atoms with E-state index in [0.29, 0.717) is 43.5 Å². The maximum atomic E-state index is 13.3. The second-order valence-corrected chi connectivity index (χ2v) is 9.42. The number of rotatable bonds is 10. The molecule has 0 atom stereocenters. The van der Waals surface area contributed by atoms with Gasteiger partial charge in [-0.2, -0.15) is 4.31 Å². The summed E-state index contributed by atoms with van der Waals surface area (Å²) in [6.07, 6.45) is 0.888. The lowest BCUT2D eigenvalue weighted by atomic mass is 10.1. The van der Waals surface area contributed by atoms with Crippen molar-refractivity contribution in [3.05, 3.63) is 18.2 Å². The van der Waals surface area contributed by atoms with Gasteiger partial charge in [-0.05, 0) is 24.5 Å². The van der Waals surface area contributed by atoms with Gasteiger partial charge >= 0.3 is 0 Å². The molecule has 0 aliphatic carbocycles. The third kappa shape index (κ3) is 6.32. The van der Waals surface area contributed by atoms with E-state index < -0.39 is 10.0 Å². The van der Waals surface area contributed by atoms with Crippen LogP contribution in [0, 0.1) is 5.92 Å². The van der Waals surface area contributed by atoms with Gasteiger partial charge in [0, 0.05) is 51.8 Å². The Morgan fingerprint density at radius 1 is 1.14 bits per heavy atom. The predicted molar refractivity (Wildman–Crippen MR) is 112 cm³/mol. The molecule has 0 radical (unpaired) electrons. The molecule has 1 aliphatic heterocycles. The van der Waals surface area contributed by atoms with E-state index in [1.165, 1.54) is 30.7 Å². The molecule has 164 valence electrons. The van der Waals surface area contributed by atoms with Crippen molar-refractivity contribution in [1.29, 1.82) is 0 Å². The highest BCUT2D eigenvalue weighted by atomic mass is 32.2. The van der Waals surface area contributed by atoms with E-state index in [-0.39, 0.29) is 23.8 Å². The van der Waals surface area contributed by atoms with Crippen molar-refractivity contribution in [1.82, 2.24) is 14.5 Å². The molecule has 1 aliphatic rings. The molecule has 1 aromatic rings. The standard InChI is InChI=1S/C20H33N3O5S/c1-16(2)7-11-23(12-8-20(24)22-13-9-21-10-14-22)29(25,26)17-5-6-18(27-3)19(15-17)28-4/h5-6,15-16,21H,7-14H2,1-4H3. The first-order chi connectivity index (χ1) is 13.8. The van der Waals surface area contributed by atoms with E-state index >= 15 is 0 Å². The van der Waals surface area contributed by atoms with Gasteiger partial charge in [0.1, 0.15) is 0 Å². The summed E-state index contributed by atoms with van der Waals surface area (Å²) in [6, 6.07) is 4.56. The molecule has 1 fully saturated rings. The Morgan fingerprint density at radius 2 is 1.79 bits per heavy atom. The Balaban J connectivity index is 2.19. The van der Waals surface area contributed by atoms with Crippen molar-refractivity contribution in [2.24, 2.45) is 5.92 Å². The quantitative estimate of drug-likeness (QED) is 0.610. The number of benzene rings is 1. The van der Waals surface area contributed by atoms with Crippen LogP contribution in [0.4, 0.5) is 0 Å². The van der Waals surface area contributed by atoms with Crippen molar-refractivity contribution in [2.75, 3.05) is 53.5 Å². The minimum atomic E-state index is -3.77. The lowest BCUT2D eigenvalue weighted by molar-refractivity contribution is -0.131. The van der Waals surface area contributed by atoms with Crippen LogP contribution in [0.3, 0.4) is 0 Å².